The summed E-state index contributed by atoms with van der Waals surface area (Å²) in [5.41, 5.74) is -1.54. The smallest absolute Gasteiger partial charge is 0.343 e. The number of carboxylic acid groups (broad SMARTS) is 1. The number of hydrogen-bond acceptors (Lipinski definition) is 3. The minimum absolute atomic E-state index is 0.250. The first-order valence-corrected chi connectivity index (χ1v) is 5.17. The molecule has 1 aromatic rings. The van der Waals surface area contributed by atoms with Crippen molar-refractivity contribution >= 4 is 40.9 Å². The molecule has 1 aromatic carbocycles. The van der Waals surface area contributed by atoms with E-state index in [1.54, 1.807) is 18.2 Å². The zero-order valence-electron chi connectivity index (χ0n) is 6.78. The van der Waals surface area contributed by atoms with Crippen LogP contribution in [0.3, 0.4) is 0 Å². The number of benzene rings is 1. The van der Waals surface area contributed by atoms with Gasteiger partial charge in [0, 0.05) is 4.90 Å². The Bertz CT molecular complexity index is 356. The SMILES string of the molecule is O=C(O)C(O)Sc1cccc(Cl)c1Cl. The summed E-state index contributed by atoms with van der Waals surface area (Å²) in [4.78, 5) is 10.8. The molecule has 0 fully saturated rings. The van der Waals surface area contributed by atoms with Gasteiger partial charge in [-0.2, -0.15) is 0 Å². The van der Waals surface area contributed by atoms with Gasteiger partial charge in [0.1, 0.15) is 0 Å². The number of aliphatic carboxylic acids is 1. The monoisotopic (exact) mass is 252 g/mol. The molecule has 2 N–H and O–H groups in total. The molecule has 0 saturated heterocycles. The summed E-state index contributed by atoms with van der Waals surface area (Å²) in [6, 6.07) is 4.80. The second-order valence-corrected chi connectivity index (χ2v) is 4.27. The number of aliphatic hydroxyl groups excluding tert-OH is 1. The Labute approximate surface area is 94.6 Å². The van der Waals surface area contributed by atoms with E-state index < -0.39 is 11.4 Å². The predicted octanol–water partition coefficient (Wildman–Crippen LogP) is 2.49. The first-order valence-electron chi connectivity index (χ1n) is 3.54. The molecule has 0 bridgehead atoms. The second-order valence-electron chi connectivity index (χ2n) is 2.36. The van der Waals surface area contributed by atoms with Crippen LogP contribution in [0, 0.1) is 0 Å². The Morgan fingerprint density at radius 2 is 2.07 bits per heavy atom. The molecule has 0 spiro atoms. The lowest BCUT2D eigenvalue weighted by Gasteiger charge is -2.07. The largest absolute Gasteiger partial charge is 0.479 e. The van der Waals surface area contributed by atoms with Crippen LogP contribution in [-0.2, 0) is 4.79 Å². The molecule has 1 rings (SSSR count). The number of aliphatic hydroxyl groups is 1. The molecule has 76 valence electrons. The fourth-order valence-electron chi connectivity index (χ4n) is 0.746. The maximum absolute atomic E-state index is 10.4. The van der Waals surface area contributed by atoms with E-state index in [4.69, 9.17) is 33.4 Å². The summed E-state index contributed by atoms with van der Waals surface area (Å²) in [7, 11) is 0. The quantitative estimate of drug-likeness (QED) is 0.641. The molecule has 0 aromatic heterocycles. The number of hydrogen-bond donors (Lipinski definition) is 2. The zero-order valence-corrected chi connectivity index (χ0v) is 9.10. The molecule has 14 heavy (non-hydrogen) atoms. The van der Waals surface area contributed by atoms with Gasteiger partial charge in [0.2, 0.25) is 5.44 Å². The van der Waals surface area contributed by atoms with Crippen molar-refractivity contribution in [2.75, 3.05) is 0 Å². The van der Waals surface area contributed by atoms with E-state index in [-0.39, 0.29) is 5.02 Å². The van der Waals surface area contributed by atoms with Gasteiger partial charge in [-0.1, -0.05) is 41.0 Å². The Morgan fingerprint density at radius 1 is 1.43 bits per heavy atom. The summed E-state index contributed by atoms with van der Waals surface area (Å²) in [6.07, 6.45) is 0. The molecule has 1 unspecified atom stereocenters. The lowest BCUT2D eigenvalue weighted by Crippen LogP contribution is -2.14. The van der Waals surface area contributed by atoms with Gasteiger partial charge in [-0.3, -0.25) is 0 Å². The summed E-state index contributed by atoms with van der Waals surface area (Å²) < 4.78 is 0. The van der Waals surface area contributed by atoms with Crippen LogP contribution < -0.4 is 0 Å². The molecule has 0 heterocycles. The van der Waals surface area contributed by atoms with E-state index in [0.717, 1.165) is 11.8 Å². The highest BCUT2D eigenvalue weighted by Crippen LogP contribution is 2.34. The highest BCUT2D eigenvalue weighted by Gasteiger charge is 2.16. The lowest BCUT2D eigenvalue weighted by molar-refractivity contribution is -0.141. The Morgan fingerprint density at radius 3 is 2.64 bits per heavy atom. The Hall–Kier alpha value is -0.420. The highest BCUT2D eigenvalue weighted by atomic mass is 35.5. The summed E-state index contributed by atoms with van der Waals surface area (Å²) in [5.74, 6) is -1.31. The first-order chi connectivity index (χ1) is 6.52. The van der Waals surface area contributed by atoms with Crippen LogP contribution in [0.25, 0.3) is 0 Å². The second kappa shape index (κ2) is 4.89. The van der Waals surface area contributed by atoms with Crippen LogP contribution in [0.15, 0.2) is 23.1 Å². The third kappa shape index (κ3) is 2.78. The predicted molar refractivity (Wildman–Crippen MR) is 56.0 cm³/mol. The van der Waals surface area contributed by atoms with Gasteiger partial charge in [0.15, 0.2) is 0 Å². The van der Waals surface area contributed by atoms with Crippen molar-refractivity contribution in [1.82, 2.24) is 0 Å². The van der Waals surface area contributed by atoms with Gasteiger partial charge < -0.3 is 10.2 Å². The fourth-order valence-corrected chi connectivity index (χ4v) is 1.95. The van der Waals surface area contributed by atoms with Crippen LogP contribution >= 0.6 is 35.0 Å². The fraction of sp³-hybridized carbons (Fsp3) is 0.125. The minimum atomic E-state index is -1.54. The third-order valence-corrected chi connectivity index (χ3v) is 3.32. The van der Waals surface area contributed by atoms with Crippen molar-refractivity contribution in [3.05, 3.63) is 28.2 Å². The molecule has 0 aliphatic carbocycles. The lowest BCUT2D eigenvalue weighted by atomic mass is 10.4. The molecule has 0 saturated carbocycles. The van der Waals surface area contributed by atoms with Crippen LogP contribution in [0.2, 0.25) is 10.0 Å². The highest BCUT2D eigenvalue weighted by molar-refractivity contribution is 8.00. The van der Waals surface area contributed by atoms with E-state index in [2.05, 4.69) is 0 Å². The van der Waals surface area contributed by atoms with E-state index in [0.29, 0.717) is 9.92 Å². The number of thioether (sulfide) groups is 1. The molecular weight excluding hydrogens is 247 g/mol. The standard InChI is InChI=1S/C8H6Cl2O3S/c9-4-2-1-3-5(6(4)10)14-8(13)7(11)12/h1-3,8,13H,(H,11,12). The van der Waals surface area contributed by atoms with Gasteiger partial charge in [0.25, 0.3) is 0 Å². The number of carbonyl (C=O) groups is 1. The number of rotatable bonds is 3. The van der Waals surface area contributed by atoms with Crippen LogP contribution in [0.1, 0.15) is 0 Å². The average molecular weight is 253 g/mol. The zero-order chi connectivity index (χ0) is 10.7. The minimum Gasteiger partial charge on any atom is -0.479 e. The van der Waals surface area contributed by atoms with Crippen LogP contribution in [0.5, 0.6) is 0 Å². The van der Waals surface area contributed by atoms with E-state index >= 15 is 0 Å². The summed E-state index contributed by atoms with van der Waals surface area (Å²) in [5, 5.41) is 18.1. The Balaban J connectivity index is 2.87. The van der Waals surface area contributed by atoms with E-state index in [1.807, 2.05) is 0 Å². The number of carboxylic acids is 1. The van der Waals surface area contributed by atoms with Gasteiger partial charge in [-0.25, -0.2) is 4.79 Å². The van der Waals surface area contributed by atoms with Crippen molar-refractivity contribution < 1.29 is 15.0 Å². The van der Waals surface area contributed by atoms with Gasteiger partial charge in [0.05, 0.1) is 10.0 Å². The first kappa shape index (κ1) is 11.7. The van der Waals surface area contributed by atoms with Gasteiger partial charge in [-0.15, -0.1) is 0 Å². The Kier molecular flexibility index (Phi) is 4.07. The van der Waals surface area contributed by atoms with Crippen molar-refractivity contribution in [2.24, 2.45) is 0 Å². The molecule has 0 aliphatic heterocycles. The maximum Gasteiger partial charge on any atom is 0.343 e. The summed E-state index contributed by atoms with van der Waals surface area (Å²) in [6.45, 7) is 0. The van der Waals surface area contributed by atoms with Gasteiger partial charge >= 0.3 is 5.97 Å². The summed E-state index contributed by atoms with van der Waals surface area (Å²) >= 11 is 12.2. The number of halogens is 2. The van der Waals surface area contributed by atoms with Gasteiger partial charge in [-0.05, 0) is 12.1 Å². The molecule has 0 aliphatic rings. The molecule has 0 radical (unpaired) electrons. The maximum atomic E-state index is 10.4. The molecular formula is C8H6Cl2O3S. The average Bonchev–Trinajstić information content (AvgIpc) is 2.12. The molecule has 3 nitrogen and oxygen atoms in total. The normalized spacial score (nSPS) is 12.5. The van der Waals surface area contributed by atoms with Crippen molar-refractivity contribution in [3.8, 4) is 0 Å². The van der Waals surface area contributed by atoms with Crippen molar-refractivity contribution in [1.29, 1.82) is 0 Å². The van der Waals surface area contributed by atoms with E-state index in [1.165, 1.54) is 0 Å². The molecule has 6 heteroatoms. The molecule has 1 atom stereocenters. The third-order valence-electron chi connectivity index (χ3n) is 1.37. The van der Waals surface area contributed by atoms with Crippen molar-refractivity contribution in [3.63, 3.8) is 0 Å². The van der Waals surface area contributed by atoms with Crippen molar-refractivity contribution in [2.45, 2.75) is 10.3 Å². The topological polar surface area (TPSA) is 57.5 Å². The van der Waals surface area contributed by atoms with Crippen LogP contribution in [0.4, 0.5) is 0 Å². The molecule has 0 amide bonds. The van der Waals surface area contributed by atoms with Crippen LogP contribution in [-0.4, -0.2) is 21.6 Å². The van der Waals surface area contributed by atoms with E-state index in [9.17, 15) is 4.79 Å².